The second-order valence-corrected chi connectivity index (χ2v) is 5.42. The van der Waals surface area contributed by atoms with Gasteiger partial charge in [-0.05, 0) is 36.5 Å². The van der Waals surface area contributed by atoms with E-state index in [1.165, 1.54) is 0 Å². The largest absolute Gasteiger partial charge is 0.497 e. The van der Waals surface area contributed by atoms with Gasteiger partial charge in [0.05, 0.1) is 27.0 Å². The highest BCUT2D eigenvalue weighted by molar-refractivity contribution is 7.80. The number of hydrogen-bond acceptors (Lipinski definition) is 6. The first-order chi connectivity index (χ1) is 12.2. The minimum atomic E-state index is 0.338. The molecule has 3 aromatic rings. The monoisotopic (exact) mass is 359 g/mol. The summed E-state index contributed by atoms with van der Waals surface area (Å²) in [4.78, 5) is 0. The molecule has 2 aromatic carbocycles. The van der Waals surface area contributed by atoms with E-state index in [1.54, 1.807) is 33.5 Å². The Bertz CT molecular complexity index is 910. The second kappa shape index (κ2) is 7.27. The molecule has 0 atom stereocenters. The molecule has 0 aliphatic heterocycles. The predicted octanol–water partition coefficient (Wildman–Crippen LogP) is 3.66. The maximum atomic E-state index is 5.36. The number of fused-ring (bicyclic) bond motifs is 1. The van der Waals surface area contributed by atoms with Gasteiger partial charge in [0.25, 0.3) is 0 Å². The Morgan fingerprint density at radius 3 is 2.52 bits per heavy atom. The van der Waals surface area contributed by atoms with Gasteiger partial charge in [0.2, 0.25) is 0 Å². The van der Waals surface area contributed by atoms with Crippen LogP contribution in [0.1, 0.15) is 0 Å². The highest BCUT2D eigenvalue weighted by Crippen LogP contribution is 2.32. The molecule has 1 aromatic heterocycles. The van der Waals surface area contributed by atoms with Crippen LogP contribution in [0.15, 0.2) is 40.9 Å². The fourth-order valence-electron chi connectivity index (χ4n) is 2.38. The van der Waals surface area contributed by atoms with E-state index in [1.807, 2.05) is 24.3 Å². The number of nitrogens with one attached hydrogen (secondary N) is 2. The molecule has 0 saturated heterocycles. The summed E-state index contributed by atoms with van der Waals surface area (Å²) in [5.41, 5.74) is 1.30. The van der Waals surface area contributed by atoms with Crippen molar-refractivity contribution in [2.75, 3.05) is 32.0 Å². The molecule has 0 saturated carbocycles. The molecule has 0 bridgehead atoms. The number of methoxy groups -OCH3 is 3. The van der Waals surface area contributed by atoms with Gasteiger partial charge >= 0.3 is 0 Å². The fourth-order valence-corrected chi connectivity index (χ4v) is 2.59. The summed E-state index contributed by atoms with van der Waals surface area (Å²) in [6.45, 7) is 0. The number of ether oxygens (including phenoxy) is 3. The third-order valence-corrected chi connectivity index (χ3v) is 3.77. The molecular formula is C17H17N3O4S. The lowest BCUT2D eigenvalue weighted by Gasteiger charge is -2.13. The molecule has 0 radical (unpaired) electrons. The van der Waals surface area contributed by atoms with E-state index in [2.05, 4.69) is 15.8 Å². The molecule has 7 nitrogen and oxygen atoms in total. The minimum absolute atomic E-state index is 0.338. The number of aromatic nitrogens is 1. The standard InChI is InChI=1S/C17H17N3O4S/c1-21-10-7-8-11(14(9-10)23-3)18-17(25)19-16-15-12(22-2)5-4-6-13(15)24-20-16/h4-9H,1-3H3,(H2,18,19,20,25). The van der Waals surface area contributed by atoms with E-state index in [-0.39, 0.29) is 0 Å². The van der Waals surface area contributed by atoms with E-state index in [0.717, 1.165) is 5.39 Å². The summed E-state index contributed by atoms with van der Waals surface area (Å²) in [6, 6.07) is 10.8. The van der Waals surface area contributed by atoms with Crippen molar-refractivity contribution in [2.45, 2.75) is 0 Å². The van der Waals surface area contributed by atoms with Gasteiger partial charge in [-0.15, -0.1) is 0 Å². The zero-order valence-corrected chi connectivity index (χ0v) is 14.8. The molecule has 0 aliphatic carbocycles. The molecule has 0 fully saturated rings. The average molecular weight is 359 g/mol. The highest BCUT2D eigenvalue weighted by Gasteiger charge is 2.15. The topological polar surface area (TPSA) is 77.8 Å². The molecule has 0 amide bonds. The van der Waals surface area contributed by atoms with Crippen molar-refractivity contribution in [1.82, 2.24) is 5.16 Å². The van der Waals surface area contributed by atoms with Crippen molar-refractivity contribution in [2.24, 2.45) is 0 Å². The van der Waals surface area contributed by atoms with Crippen molar-refractivity contribution in [1.29, 1.82) is 0 Å². The number of thiocarbonyl (C=S) groups is 1. The van der Waals surface area contributed by atoms with Gasteiger partial charge in [0.1, 0.15) is 22.6 Å². The average Bonchev–Trinajstić information content (AvgIpc) is 3.05. The van der Waals surface area contributed by atoms with Crippen molar-refractivity contribution < 1.29 is 18.7 Å². The van der Waals surface area contributed by atoms with Crippen molar-refractivity contribution in [3.05, 3.63) is 36.4 Å². The first-order valence-corrected chi connectivity index (χ1v) is 7.79. The number of anilines is 2. The van der Waals surface area contributed by atoms with E-state index < -0.39 is 0 Å². The third kappa shape index (κ3) is 3.43. The Labute approximate surface area is 149 Å². The summed E-state index contributed by atoms with van der Waals surface area (Å²) in [7, 11) is 4.76. The van der Waals surface area contributed by atoms with E-state index >= 15 is 0 Å². The smallest absolute Gasteiger partial charge is 0.187 e. The number of hydrogen-bond donors (Lipinski definition) is 2. The Kier molecular flexibility index (Phi) is 4.90. The lowest BCUT2D eigenvalue weighted by Crippen LogP contribution is -2.19. The van der Waals surface area contributed by atoms with Crippen LogP contribution < -0.4 is 24.8 Å². The van der Waals surface area contributed by atoms with Gasteiger partial charge in [-0.1, -0.05) is 11.2 Å². The van der Waals surface area contributed by atoms with Crippen molar-refractivity contribution in [3.63, 3.8) is 0 Å². The quantitative estimate of drug-likeness (QED) is 0.668. The third-order valence-electron chi connectivity index (χ3n) is 3.57. The Morgan fingerprint density at radius 1 is 1.00 bits per heavy atom. The van der Waals surface area contributed by atoms with Crippen molar-refractivity contribution >= 4 is 39.8 Å². The lowest BCUT2D eigenvalue weighted by atomic mass is 10.2. The molecular weight excluding hydrogens is 342 g/mol. The van der Waals surface area contributed by atoms with Crippen LogP contribution in [-0.2, 0) is 0 Å². The first kappa shape index (κ1) is 16.8. The molecule has 0 spiro atoms. The normalized spacial score (nSPS) is 10.4. The van der Waals surface area contributed by atoms with Gasteiger partial charge in [-0.25, -0.2) is 0 Å². The van der Waals surface area contributed by atoms with Gasteiger partial charge in [-0.3, -0.25) is 0 Å². The van der Waals surface area contributed by atoms with Gasteiger partial charge in [0, 0.05) is 6.07 Å². The minimum Gasteiger partial charge on any atom is -0.497 e. The summed E-state index contributed by atoms with van der Waals surface area (Å²) in [5, 5.41) is 11.2. The first-order valence-electron chi connectivity index (χ1n) is 7.38. The number of rotatable bonds is 5. The Hall–Kier alpha value is -3.00. The number of benzene rings is 2. The molecule has 0 aliphatic rings. The Morgan fingerprint density at radius 2 is 1.80 bits per heavy atom. The molecule has 1 heterocycles. The van der Waals surface area contributed by atoms with Crippen LogP contribution in [0.2, 0.25) is 0 Å². The molecule has 25 heavy (non-hydrogen) atoms. The lowest BCUT2D eigenvalue weighted by molar-refractivity contribution is 0.395. The maximum absolute atomic E-state index is 5.36. The molecule has 2 N–H and O–H groups in total. The van der Waals surface area contributed by atoms with Gasteiger partial charge < -0.3 is 29.4 Å². The zero-order chi connectivity index (χ0) is 17.8. The summed E-state index contributed by atoms with van der Waals surface area (Å²) >= 11 is 5.36. The van der Waals surface area contributed by atoms with E-state index in [4.69, 9.17) is 31.0 Å². The summed E-state index contributed by atoms with van der Waals surface area (Å²) in [6.07, 6.45) is 0. The van der Waals surface area contributed by atoms with Crippen LogP contribution in [0.4, 0.5) is 11.5 Å². The van der Waals surface area contributed by atoms with E-state index in [0.29, 0.717) is 39.4 Å². The van der Waals surface area contributed by atoms with Crippen LogP contribution in [-0.4, -0.2) is 31.6 Å². The SMILES string of the molecule is COc1ccc(NC(=S)Nc2noc3cccc(OC)c23)c(OC)c1. The van der Waals surface area contributed by atoms with Crippen LogP contribution in [0.5, 0.6) is 17.2 Å². The van der Waals surface area contributed by atoms with Crippen molar-refractivity contribution in [3.8, 4) is 17.2 Å². The van der Waals surface area contributed by atoms with Crippen LogP contribution in [0.25, 0.3) is 11.0 Å². The Balaban J connectivity index is 1.82. The molecule has 8 heteroatoms. The molecule has 0 unspecified atom stereocenters. The summed E-state index contributed by atoms with van der Waals surface area (Å²) in [5.74, 6) is 2.41. The molecule has 130 valence electrons. The predicted molar refractivity (Wildman–Crippen MR) is 100.0 cm³/mol. The highest BCUT2D eigenvalue weighted by atomic mass is 32.1. The summed E-state index contributed by atoms with van der Waals surface area (Å²) < 4.78 is 21.2. The van der Waals surface area contributed by atoms with Gasteiger partial charge in [-0.2, -0.15) is 0 Å². The van der Waals surface area contributed by atoms with Crippen LogP contribution in [0, 0.1) is 0 Å². The van der Waals surface area contributed by atoms with Crippen LogP contribution in [0.3, 0.4) is 0 Å². The zero-order valence-electron chi connectivity index (χ0n) is 14.0. The molecule has 3 rings (SSSR count). The van der Waals surface area contributed by atoms with E-state index in [9.17, 15) is 0 Å². The van der Waals surface area contributed by atoms with Crippen LogP contribution >= 0.6 is 12.2 Å². The number of nitrogens with zero attached hydrogens (tertiary/aromatic N) is 1. The van der Waals surface area contributed by atoms with Gasteiger partial charge in [0.15, 0.2) is 16.5 Å². The maximum Gasteiger partial charge on any atom is 0.187 e. The second-order valence-electron chi connectivity index (χ2n) is 5.01. The fraction of sp³-hybridized carbons (Fsp3) is 0.176.